The minimum atomic E-state index is -0.314. The van der Waals surface area contributed by atoms with Gasteiger partial charge >= 0.3 is 0 Å². The lowest BCUT2D eigenvalue weighted by atomic mass is 9.59. The summed E-state index contributed by atoms with van der Waals surface area (Å²) in [6, 6.07) is 10.6. The van der Waals surface area contributed by atoms with E-state index in [0.29, 0.717) is 11.7 Å². The van der Waals surface area contributed by atoms with E-state index in [0.717, 1.165) is 24.8 Å². The van der Waals surface area contributed by atoms with Gasteiger partial charge < -0.3 is 0 Å². The molecule has 0 N–H and O–H groups in total. The molecule has 24 heavy (non-hydrogen) atoms. The summed E-state index contributed by atoms with van der Waals surface area (Å²) in [5, 5.41) is 0. The summed E-state index contributed by atoms with van der Waals surface area (Å²) in [6.07, 6.45) is 2.71. The van der Waals surface area contributed by atoms with Crippen LogP contribution < -0.4 is 0 Å². The molecule has 0 fully saturated rings. The van der Waals surface area contributed by atoms with Gasteiger partial charge in [-0.3, -0.25) is 4.79 Å². The third kappa shape index (κ3) is 2.00. The number of ketones is 1. The van der Waals surface area contributed by atoms with Gasteiger partial charge in [0.1, 0.15) is 0 Å². The van der Waals surface area contributed by atoms with Gasteiger partial charge in [0, 0.05) is 22.8 Å². The fourth-order valence-electron chi connectivity index (χ4n) is 4.75. The Hall–Kier alpha value is -1.74. The molecule has 2 aliphatic rings. The van der Waals surface area contributed by atoms with Gasteiger partial charge in [-0.15, -0.1) is 11.3 Å². The second kappa shape index (κ2) is 5.66. The second-order valence-corrected chi connectivity index (χ2v) is 8.09. The van der Waals surface area contributed by atoms with E-state index in [-0.39, 0.29) is 11.3 Å². The van der Waals surface area contributed by atoms with Crippen molar-refractivity contribution in [1.82, 2.24) is 4.98 Å². The minimum Gasteiger partial charge on any atom is -0.294 e. The molecular formula is C21H23NOS. The van der Waals surface area contributed by atoms with Crippen molar-refractivity contribution in [2.75, 3.05) is 0 Å². The number of Topliss-reactive ketones (excluding diaryl/α,β-unsaturated/α-hetero) is 1. The molecule has 124 valence electrons. The van der Waals surface area contributed by atoms with Crippen LogP contribution in [0.5, 0.6) is 0 Å². The number of hydrogen-bond acceptors (Lipinski definition) is 3. The molecule has 0 amide bonds. The molecule has 1 heterocycles. The highest BCUT2D eigenvalue weighted by molar-refractivity contribution is 7.10. The Bertz CT molecular complexity index is 819. The van der Waals surface area contributed by atoms with Crippen LogP contribution in [0.4, 0.5) is 0 Å². The van der Waals surface area contributed by atoms with Crippen LogP contribution in [-0.2, 0) is 16.6 Å². The summed E-state index contributed by atoms with van der Waals surface area (Å²) in [4.78, 5) is 19.3. The second-order valence-electron chi connectivity index (χ2n) is 7.23. The van der Waals surface area contributed by atoms with Crippen LogP contribution in [0.3, 0.4) is 0 Å². The number of fused-ring (bicyclic) bond motifs is 1. The van der Waals surface area contributed by atoms with Crippen LogP contribution in [0.15, 0.2) is 47.0 Å². The van der Waals surface area contributed by atoms with Crippen LogP contribution in [0.25, 0.3) is 0 Å². The highest BCUT2D eigenvalue weighted by Gasteiger charge is 2.50. The predicted molar refractivity (Wildman–Crippen MR) is 98.3 cm³/mol. The molecule has 2 aliphatic carbocycles. The Balaban J connectivity index is 2.07. The van der Waals surface area contributed by atoms with E-state index in [1.807, 2.05) is 11.6 Å². The maximum Gasteiger partial charge on any atom is 0.162 e. The first-order valence-corrected chi connectivity index (χ1v) is 9.73. The molecule has 4 rings (SSSR count). The molecule has 1 aromatic carbocycles. The quantitative estimate of drug-likeness (QED) is 0.777. The molecule has 0 aliphatic heterocycles. The molecule has 0 spiro atoms. The van der Waals surface area contributed by atoms with Crippen LogP contribution in [0.1, 0.15) is 49.7 Å². The number of nitrogens with zero attached hydrogens (tertiary/aromatic N) is 1. The maximum absolute atomic E-state index is 13.3. The highest BCUT2D eigenvalue weighted by atomic mass is 32.1. The number of benzene rings is 1. The fourth-order valence-corrected chi connectivity index (χ4v) is 5.87. The van der Waals surface area contributed by atoms with Crippen molar-refractivity contribution < 1.29 is 4.79 Å². The first-order valence-electron chi connectivity index (χ1n) is 8.85. The first-order chi connectivity index (χ1) is 11.6. The number of aromatic nitrogens is 1. The molecule has 0 saturated heterocycles. The zero-order valence-corrected chi connectivity index (χ0v) is 15.3. The van der Waals surface area contributed by atoms with Crippen molar-refractivity contribution >= 4 is 17.1 Å². The van der Waals surface area contributed by atoms with E-state index in [9.17, 15) is 4.79 Å². The summed E-state index contributed by atoms with van der Waals surface area (Å²) in [6.45, 7) is 6.58. The van der Waals surface area contributed by atoms with Crippen molar-refractivity contribution in [3.8, 4) is 0 Å². The maximum atomic E-state index is 13.3. The molecule has 1 aromatic heterocycles. The molecule has 0 unspecified atom stereocenters. The zero-order chi connectivity index (χ0) is 16.9. The number of rotatable bonds is 2. The Morgan fingerprint density at radius 2 is 1.96 bits per heavy atom. The van der Waals surface area contributed by atoms with Gasteiger partial charge in [-0.2, -0.15) is 0 Å². The van der Waals surface area contributed by atoms with E-state index in [1.165, 1.54) is 21.7 Å². The lowest BCUT2D eigenvalue weighted by Gasteiger charge is -2.44. The van der Waals surface area contributed by atoms with Gasteiger partial charge in [-0.05, 0) is 24.3 Å². The third-order valence-corrected chi connectivity index (χ3v) is 6.96. The molecule has 0 bridgehead atoms. The molecule has 2 aromatic rings. The van der Waals surface area contributed by atoms with Gasteiger partial charge in [0.2, 0.25) is 0 Å². The smallest absolute Gasteiger partial charge is 0.162 e. The van der Waals surface area contributed by atoms with Gasteiger partial charge in [0.25, 0.3) is 0 Å². The predicted octanol–water partition coefficient (Wildman–Crippen LogP) is 4.94. The van der Waals surface area contributed by atoms with Gasteiger partial charge in [0.15, 0.2) is 5.78 Å². The number of thiazole rings is 1. The molecule has 2 nitrogen and oxygen atoms in total. The normalized spacial score (nSPS) is 29.4. The molecule has 0 radical (unpaired) electrons. The third-order valence-electron chi connectivity index (χ3n) is 5.93. The topological polar surface area (TPSA) is 30.0 Å². The molecule has 0 saturated carbocycles. The fraction of sp³-hybridized carbons (Fsp3) is 0.429. The average molecular weight is 337 g/mol. The van der Waals surface area contributed by atoms with E-state index in [2.05, 4.69) is 50.0 Å². The summed E-state index contributed by atoms with van der Waals surface area (Å²) in [7, 11) is 0. The van der Waals surface area contributed by atoms with Crippen molar-refractivity contribution in [3.05, 3.63) is 63.1 Å². The standard InChI is InChI=1S/C21H23NOS/c1-4-21(15-8-6-5-7-9-15)18-16(11-17-20(21)24-12-22-17)13(2)10-14(3)19(18)23/h5-9,12-14H,4,10-11H2,1-3H3/t13-,14-,21-/m0/s1. The lowest BCUT2D eigenvalue weighted by molar-refractivity contribution is -0.120. The van der Waals surface area contributed by atoms with E-state index >= 15 is 0 Å². The Kier molecular flexibility index (Phi) is 3.72. The van der Waals surface area contributed by atoms with Crippen molar-refractivity contribution in [3.63, 3.8) is 0 Å². The van der Waals surface area contributed by atoms with Gasteiger partial charge in [0.05, 0.1) is 16.6 Å². The lowest BCUT2D eigenvalue weighted by Crippen LogP contribution is -2.42. The SMILES string of the molecule is CC[C@]1(c2ccccc2)C2=C(Cc3ncsc31)[C@@H](C)C[C@H](C)C2=O. The van der Waals surface area contributed by atoms with Crippen molar-refractivity contribution in [2.45, 2.75) is 45.4 Å². The summed E-state index contributed by atoms with van der Waals surface area (Å²) in [5.74, 6) is 0.924. The van der Waals surface area contributed by atoms with Crippen LogP contribution in [0, 0.1) is 11.8 Å². The summed E-state index contributed by atoms with van der Waals surface area (Å²) in [5.41, 5.74) is 6.47. The van der Waals surface area contributed by atoms with Crippen LogP contribution in [-0.4, -0.2) is 10.8 Å². The van der Waals surface area contributed by atoms with E-state index in [4.69, 9.17) is 0 Å². The molecular weight excluding hydrogens is 314 g/mol. The number of allylic oxidation sites excluding steroid dienone is 2. The zero-order valence-electron chi connectivity index (χ0n) is 14.5. The van der Waals surface area contributed by atoms with E-state index in [1.54, 1.807) is 11.3 Å². The first kappa shape index (κ1) is 15.8. The van der Waals surface area contributed by atoms with E-state index < -0.39 is 0 Å². The molecule has 3 atom stereocenters. The monoisotopic (exact) mass is 337 g/mol. The van der Waals surface area contributed by atoms with Gasteiger partial charge in [-0.25, -0.2) is 4.98 Å². The Labute approximate surface area is 147 Å². The minimum absolute atomic E-state index is 0.114. The number of carbonyl (C=O) groups excluding carboxylic acids is 1. The van der Waals surface area contributed by atoms with Crippen LogP contribution in [0.2, 0.25) is 0 Å². The number of carbonyl (C=O) groups is 1. The summed E-state index contributed by atoms with van der Waals surface area (Å²) < 4.78 is 0. The average Bonchev–Trinajstić information content (AvgIpc) is 3.07. The van der Waals surface area contributed by atoms with Gasteiger partial charge in [-0.1, -0.05) is 56.7 Å². The van der Waals surface area contributed by atoms with Crippen molar-refractivity contribution in [1.29, 1.82) is 0 Å². The highest BCUT2D eigenvalue weighted by Crippen LogP contribution is 2.54. The Morgan fingerprint density at radius 1 is 1.21 bits per heavy atom. The Morgan fingerprint density at radius 3 is 2.67 bits per heavy atom. The number of hydrogen-bond donors (Lipinski definition) is 0. The van der Waals surface area contributed by atoms with Crippen molar-refractivity contribution in [2.24, 2.45) is 11.8 Å². The summed E-state index contributed by atoms with van der Waals surface area (Å²) >= 11 is 1.71. The molecule has 3 heteroatoms. The largest absolute Gasteiger partial charge is 0.294 e. The van der Waals surface area contributed by atoms with Crippen LogP contribution >= 0.6 is 11.3 Å².